The Bertz CT molecular complexity index is 620. The SMILES string of the molecule is C[C@H](CCCN(C)C)[C@H]1CC[C@H]2[C@@H]3CC[C@@H]4C[C@@H](N(C)C)CC[C@]4(C)[C@H]3C[C@H](O)[C@]12C. The van der Waals surface area contributed by atoms with E-state index in [1.165, 1.54) is 64.3 Å². The van der Waals surface area contributed by atoms with Crippen LogP contribution in [0.3, 0.4) is 0 Å². The van der Waals surface area contributed by atoms with Crippen molar-refractivity contribution in [1.29, 1.82) is 0 Å². The summed E-state index contributed by atoms with van der Waals surface area (Å²) in [5.41, 5.74) is 0.621. The Morgan fingerprint density at radius 3 is 2.35 bits per heavy atom. The van der Waals surface area contributed by atoms with Crippen LogP contribution in [0.15, 0.2) is 0 Å². The fraction of sp³-hybridized carbons (Fsp3) is 1.00. The van der Waals surface area contributed by atoms with Gasteiger partial charge in [0.25, 0.3) is 0 Å². The molecule has 0 spiro atoms. The van der Waals surface area contributed by atoms with Crippen molar-refractivity contribution in [2.75, 3.05) is 34.7 Å². The highest BCUT2D eigenvalue weighted by Crippen LogP contribution is 2.68. The summed E-state index contributed by atoms with van der Waals surface area (Å²) in [4.78, 5) is 4.79. The van der Waals surface area contributed by atoms with Gasteiger partial charge >= 0.3 is 0 Å². The molecule has 0 heterocycles. The van der Waals surface area contributed by atoms with Crippen LogP contribution in [-0.4, -0.2) is 61.8 Å². The molecule has 1 N–H and O–H groups in total. The topological polar surface area (TPSA) is 26.7 Å². The first-order valence-electron chi connectivity index (χ1n) is 13.6. The molecule has 4 saturated carbocycles. The number of nitrogens with zero attached hydrogens (tertiary/aromatic N) is 2. The van der Waals surface area contributed by atoms with Gasteiger partial charge in [0, 0.05) is 6.04 Å². The van der Waals surface area contributed by atoms with Crippen molar-refractivity contribution in [1.82, 2.24) is 9.80 Å². The van der Waals surface area contributed by atoms with Gasteiger partial charge in [-0.15, -0.1) is 0 Å². The third kappa shape index (κ3) is 4.03. The molecule has 180 valence electrons. The Morgan fingerprint density at radius 1 is 0.935 bits per heavy atom. The van der Waals surface area contributed by atoms with E-state index in [0.717, 1.165) is 42.1 Å². The zero-order valence-corrected chi connectivity index (χ0v) is 21.7. The van der Waals surface area contributed by atoms with Crippen molar-refractivity contribution >= 4 is 0 Å². The molecule has 4 fully saturated rings. The van der Waals surface area contributed by atoms with Crippen molar-refractivity contribution in [3.63, 3.8) is 0 Å². The Morgan fingerprint density at radius 2 is 1.68 bits per heavy atom. The first-order chi connectivity index (χ1) is 14.6. The van der Waals surface area contributed by atoms with Crippen LogP contribution in [0, 0.1) is 46.3 Å². The van der Waals surface area contributed by atoms with Crippen LogP contribution in [-0.2, 0) is 0 Å². The van der Waals surface area contributed by atoms with E-state index >= 15 is 0 Å². The maximum Gasteiger partial charge on any atom is 0.0602 e. The van der Waals surface area contributed by atoms with Crippen LogP contribution in [0.5, 0.6) is 0 Å². The highest BCUT2D eigenvalue weighted by Gasteiger charge is 2.63. The summed E-state index contributed by atoms with van der Waals surface area (Å²) in [7, 11) is 8.91. The summed E-state index contributed by atoms with van der Waals surface area (Å²) >= 11 is 0. The minimum absolute atomic E-state index is 0.0929. The van der Waals surface area contributed by atoms with Crippen LogP contribution in [0.1, 0.15) is 85.0 Å². The number of aliphatic hydroxyl groups is 1. The lowest BCUT2D eigenvalue weighted by atomic mass is 9.43. The molecule has 4 rings (SSSR count). The van der Waals surface area contributed by atoms with Gasteiger partial charge in [-0.3, -0.25) is 0 Å². The quantitative estimate of drug-likeness (QED) is 0.598. The van der Waals surface area contributed by atoms with Crippen molar-refractivity contribution in [3.8, 4) is 0 Å². The van der Waals surface area contributed by atoms with Crippen molar-refractivity contribution < 1.29 is 5.11 Å². The predicted molar refractivity (Wildman–Crippen MR) is 131 cm³/mol. The van der Waals surface area contributed by atoms with E-state index in [9.17, 15) is 5.11 Å². The first kappa shape index (κ1) is 24.0. The first-order valence-corrected chi connectivity index (χ1v) is 13.6. The summed E-state index contributed by atoms with van der Waals surface area (Å²) in [5, 5.41) is 11.7. The minimum Gasteiger partial charge on any atom is -0.393 e. The summed E-state index contributed by atoms with van der Waals surface area (Å²) in [6.45, 7) is 8.83. The van der Waals surface area contributed by atoms with Gasteiger partial charge < -0.3 is 14.9 Å². The molecule has 3 nitrogen and oxygen atoms in total. The number of rotatable bonds is 6. The van der Waals surface area contributed by atoms with Gasteiger partial charge in [0.05, 0.1) is 6.10 Å². The lowest BCUT2D eigenvalue weighted by Crippen LogP contribution is -2.59. The minimum atomic E-state index is -0.0929. The van der Waals surface area contributed by atoms with E-state index in [2.05, 4.69) is 58.8 Å². The predicted octanol–water partition coefficient (Wildman–Crippen LogP) is 5.52. The molecule has 0 aliphatic heterocycles. The van der Waals surface area contributed by atoms with Gasteiger partial charge in [-0.25, -0.2) is 0 Å². The van der Waals surface area contributed by atoms with E-state index in [4.69, 9.17) is 0 Å². The highest BCUT2D eigenvalue weighted by molar-refractivity contribution is 5.12. The van der Waals surface area contributed by atoms with Gasteiger partial charge in [-0.2, -0.15) is 0 Å². The molecule has 4 aliphatic carbocycles. The molecule has 3 heteroatoms. The second kappa shape index (κ2) is 8.91. The van der Waals surface area contributed by atoms with Gasteiger partial charge in [-0.05, 0) is 145 Å². The van der Waals surface area contributed by atoms with Crippen molar-refractivity contribution in [3.05, 3.63) is 0 Å². The number of hydrogen-bond acceptors (Lipinski definition) is 3. The molecule has 0 aromatic heterocycles. The Hall–Kier alpha value is -0.120. The van der Waals surface area contributed by atoms with Crippen LogP contribution in [0.2, 0.25) is 0 Å². The molecule has 0 aromatic rings. The molecule has 0 aromatic carbocycles. The maximum absolute atomic E-state index is 11.7. The third-order valence-corrected chi connectivity index (χ3v) is 11.5. The molecule has 0 radical (unpaired) electrons. The molecule has 4 aliphatic rings. The van der Waals surface area contributed by atoms with Crippen LogP contribution < -0.4 is 0 Å². The molecule has 0 amide bonds. The maximum atomic E-state index is 11.7. The monoisotopic (exact) mass is 432 g/mol. The Balaban J connectivity index is 1.50. The number of hydrogen-bond donors (Lipinski definition) is 1. The van der Waals surface area contributed by atoms with E-state index in [0.29, 0.717) is 11.3 Å². The summed E-state index contributed by atoms with van der Waals surface area (Å²) in [6, 6.07) is 0.771. The fourth-order valence-electron chi connectivity index (χ4n) is 9.56. The van der Waals surface area contributed by atoms with Gasteiger partial charge in [0.1, 0.15) is 0 Å². The van der Waals surface area contributed by atoms with Crippen molar-refractivity contribution in [2.24, 2.45) is 46.3 Å². The normalized spacial score (nSPS) is 48.4. The van der Waals surface area contributed by atoms with Gasteiger partial charge in [0.15, 0.2) is 0 Å². The number of fused-ring (bicyclic) bond motifs is 5. The lowest BCUT2D eigenvalue weighted by Gasteiger charge is -2.63. The fourth-order valence-corrected chi connectivity index (χ4v) is 9.56. The van der Waals surface area contributed by atoms with Crippen LogP contribution in [0.4, 0.5) is 0 Å². The molecule has 0 unspecified atom stereocenters. The van der Waals surface area contributed by atoms with Gasteiger partial charge in [-0.1, -0.05) is 20.8 Å². The van der Waals surface area contributed by atoms with Crippen LogP contribution >= 0.6 is 0 Å². The largest absolute Gasteiger partial charge is 0.393 e. The molecular formula is C28H52N2O. The second-order valence-electron chi connectivity index (χ2n) is 13.3. The number of aliphatic hydroxyl groups excluding tert-OH is 1. The molecule has 31 heavy (non-hydrogen) atoms. The highest BCUT2D eigenvalue weighted by atomic mass is 16.3. The molecular weight excluding hydrogens is 380 g/mol. The molecule has 0 bridgehead atoms. The average molecular weight is 433 g/mol. The van der Waals surface area contributed by atoms with Gasteiger partial charge in [0.2, 0.25) is 0 Å². The third-order valence-electron chi connectivity index (χ3n) is 11.5. The second-order valence-corrected chi connectivity index (χ2v) is 13.3. The van der Waals surface area contributed by atoms with E-state index in [1.54, 1.807) is 0 Å². The lowest BCUT2D eigenvalue weighted by molar-refractivity contribution is -0.171. The molecule has 10 atom stereocenters. The molecule has 0 saturated heterocycles. The zero-order valence-electron chi connectivity index (χ0n) is 21.7. The summed E-state index contributed by atoms with van der Waals surface area (Å²) in [5.74, 6) is 4.70. The van der Waals surface area contributed by atoms with Crippen molar-refractivity contribution in [2.45, 2.75) is 97.1 Å². The Kier molecular flexibility index (Phi) is 6.91. The van der Waals surface area contributed by atoms with E-state index in [1.807, 2.05) is 0 Å². The summed E-state index contributed by atoms with van der Waals surface area (Å²) < 4.78 is 0. The standard InChI is InChI=1S/C28H52N2O/c1-19(9-8-16-29(4)5)23-12-13-24-22-11-10-20-17-21(30(6)7)14-15-27(20,2)25(22)18-26(31)28(23,24)3/h19-26,31H,8-18H2,1-7H3/t19-,20-,21+,22+,23-,24+,25+,26+,27+,28-/m1/s1. The summed E-state index contributed by atoms with van der Waals surface area (Å²) in [6.07, 6.45) is 13.3. The average Bonchev–Trinajstić information content (AvgIpc) is 3.06. The zero-order chi connectivity index (χ0) is 22.6. The van der Waals surface area contributed by atoms with Crippen LogP contribution in [0.25, 0.3) is 0 Å². The smallest absolute Gasteiger partial charge is 0.0602 e. The van der Waals surface area contributed by atoms with E-state index < -0.39 is 0 Å². The Labute approximate surface area is 193 Å². The van der Waals surface area contributed by atoms with E-state index in [-0.39, 0.29) is 11.5 Å².